The molecule has 0 aliphatic carbocycles. The SMILES string of the molecule is Cc1ccc(C)c(C(=O)Nc2cccc3c2CNCC3)c1. The third-order valence-electron chi connectivity index (χ3n) is 4.03. The van der Waals surface area contributed by atoms with E-state index in [0.29, 0.717) is 0 Å². The van der Waals surface area contributed by atoms with Crippen LogP contribution in [0.4, 0.5) is 5.69 Å². The van der Waals surface area contributed by atoms with Crippen LogP contribution in [-0.2, 0) is 13.0 Å². The highest BCUT2D eigenvalue weighted by Gasteiger charge is 2.15. The molecule has 0 saturated carbocycles. The fraction of sp³-hybridized carbons (Fsp3) is 0.278. The molecule has 1 aliphatic heterocycles. The van der Waals surface area contributed by atoms with Crippen molar-refractivity contribution < 1.29 is 4.79 Å². The van der Waals surface area contributed by atoms with Crippen molar-refractivity contribution >= 4 is 11.6 Å². The summed E-state index contributed by atoms with van der Waals surface area (Å²) in [5.41, 5.74) is 6.31. The number of carbonyl (C=O) groups is 1. The molecule has 2 aromatic rings. The lowest BCUT2D eigenvalue weighted by Crippen LogP contribution is -2.25. The molecular weight excluding hydrogens is 260 g/mol. The maximum absolute atomic E-state index is 12.5. The molecule has 0 aromatic heterocycles. The Morgan fingerprint density at radius 3 is 2.90 bits per heavy atom. The summed E-state index contributed by atoms with van der Waals surface area (Å²) in [6.45, 7) is 5.79. The van der Waals surface area contributed by atoms with E-state index in [1.54, 1.807) is 0 Å². The predicted molar refractivity (Wildman–Crippen MR) is 85.7 cm³/mol. The third kappa shape index (κ3) is 2.83. The zero-order chi connectivity index (χ0) is 14.8. The van der Waals surface area contributed by atoms with Gasteiger partial charge in [-0.3, -0.25) is 4.79 Å². The largest absolute Gasteiger partial charge is 0.322 e. The second-order valence-electron chi connectivity index (χ2n) is 5.64. The maximum Gasteiger partial charge on any atom is 0.255 e. The van der Waals surface area contributed by atoms with Crippen LogP contribution >= 0.6 is 0 Å². The first kappa shape index (κ1) is 13.8. The van der Waals surface area contributed by atoms with E-state index in [1.165, 1.54) is 11.1 Å². The van der Waals surface area contributed by atoms with Crippen molar-refractivity contribution in [1.29, 1.82) is 0 Å². The lowest BCUT2D eigenvalue weighted by atomic mass is 9.99. The van der Waals surface area contributed by atoms with E-state index >= 15 is 0 Å². The number of hydrogen-bond donors (Lipinski definition) is 2. The molecule has 0 fully saturated rings. The first-order chi connectivity index (χ1) is 10.1. The minimum atomic E-state index is -0.0322. The number of rotatable bonds is 2. The number of hydrogen-bond acceptors (Lipinski definition) is 2. The lowest BCUT2D eigenvalue weighted by Gasteiger charge is -2.21. The van der Waals surface area contributed by atoms with E-state index in [0.717, 1.165) is 41.9 Å². The average Bonchev–Trinajstić information content (AvgIpc) is 2.50. The van der Waals surface area contributed by atoms with Crippen molar-refractivity contribution in [3.8, 4) is 0 Å². The van der Waals surface area contributed by atoms with Gasteiger partial charge in [-0.1, -0.05) is 29.8 Å². The van der Waals surface area contributed by atoms with Gasteiger partial charge in [-0.05, 0) is 55.6 Å². The fourth-order valence-electron chi connectivity index (χ4n) is 2.80. The van der Waals surface area contributed by atoms with Crippen LogP contribution in [0.1, 0.15) is 32.6 Å². The Morgan fingerprint density at radius 2 is 2.05 bits per heavy atom. The van der Waals surface area contributed by atoms with Gasteiger partial charge in [-0.15, -0.1) is 0 Å². The first-order valence-electron chi connectivity index (χ1n) is 7.35. The molecule has 0 unspecified atom stereocenters. The molecule has 1 heterocycles. The second kappa shape index (κ2) is 5.70. The Hall–Kier alpha value is -2.13. The number of amides is 1. The molecule has 21 heavy (non-hydrogen) atoms. The predicted octanol–water partition coefficient (Wildman–Crippen LogP) is 3.20. The molecule has 0 radical (unpaired) electrons. The standard InChI is InChI=1S/C18H20N2O/c1-12-6-7-13(2)15(10-12)18(21)20-17-5-3-4-14-8-9-19-11-16(14)17/h3-7,10,19H,8-9,11H2,1-2H3,(H,20,21). The van der Waals surface area contributed by atoms with Crippen molar-refractivity contribution in [2.45, 2.75) is 26.8 Å². The maximum atomic E-state index is 12.5. The fourth-order valence-corrected chi connectivity index (χ4v) is 2.80. The Bertz CT molecular complexity index is 692. The number of carbonyl (C=O) groups excluding carboxylic acids is 1. The van der Waals surface area contributed by atoms with Crippen LogP contribution in [0, 0.1) is 13.8 Å². The lowest BCUT2D eigenvalue weighted by molar-refractivity contribution is 0.102. The number of anilines is 1. The van der Waals surface area contributed by atoms with Gasteiger partial charge in [-0.25, -0.2) is 0 Å². The van der Waals surface area contributed by atoms with Crippen LogP contribution in [0.2, 0.25) is 0 Å². The molecule has 1 amide bonds. The topological polar surface area (TPSA) is 41.1 Å². The quantitative estimate of drug-likeness (QED) is 0.887. The molecular formula is C18H20N2O. The third-order valence-corrected chi connectivity index (χ3v) is 4.03. The molecule has 3 rings (SSSR count). The highest BCUT2D eigenvalue weighted by molar-refractivity contribution is 6.05. The summed E-state index contributed by atoms with van der Waals surface area (Å²) in [6, 6.07) is 12.1. The van der Waals surface area contributed by atoms with Crippen molar-refractivity contribution in [3.63, 3.8) is 0 Å². The summed E-state index contributed by atoms with van der Waals surface area (Å²) in [5.74, 6) is -0.0322. The average molecular weight is 280 g/mol. The summed E-state index contributed by atoms with van der Waals surface area (Å²) < 4.78 is 0. The molecule has 2 N–H and O–H groups in total. The van der Waals surface area contributed by atoms with Gasteiger partial charge in [0.15, 0.2) is 0 Å². The summed E-state index contributed by atoms with van der Waals surface area (Å²) >= 11 is 0. The molecule has 2 aromatic carbocycles. The smallest absolute Gasteiger partial charge is 0.255 e. The van der Waals surface area contributed by atoms with E-state index in [4.69, 9.17) is 0 Å². The van der Waals surface area contributed by atoms with E-state index in [-0.39, 0.29) is 5.91 Å². The molecule has 108 valence electrons. The van der Waals surface area contributed by atoms with Crippen LogP contribution in [0.3, 0.4) is 0 Å². The molecule has 1 aliphatic rings. The van der Waals surface area contributed by atoms with Crippen molar-refractivity contribution in [3.05, 3.63) is 64.2 Å². The highest BCUT2D eigenvalue weighted by atomic mass is 16.1. The van der Waals surface area contributed by atoms with Crippen LogP contribution in [0.5, 0.6) is 0 Å². The Morgan fingerprint density at radius 1 is 1.19 bits per heavy atom. The summed E-state index contributed by atoms with van der Waals surface area (Å²) in [6.07, 6.45) is 1.02. The van der Waals surface area contributed by atoms with E-state index < -0.39 is 0 Å². The van der Waals surface area contributed by atoms with Crippen LogP contribution < -0.4 is 10.6 Å². The van der Waals surface area contributed by atoms with Gasteiger partial charge in [-0.2, -0.15) is 0 Å². The second-order valence-corrected chi connectivity index (χ2v) is 5.64. The van der Waals surface area contributed by atoms with E-state index in [2.05, 4.69) is 16.7 Å². The van der Waals surface area contributed by atoms with Gasteiger partial charge < -0.3 is 10.6 Å². The Labute approximate surface area is 125 Å². The summed E-state index contributed by atoms with van der Waals surface area (Å²) in [4.78, 5) is 12.5. The summed E-state index contributed by atoms with van der Waals surface area (Å²) in [5, 5.41) is 6.44. The number of aryl methyl sites for hydroxylation is 2. The van der Waals surface area contributed by atoms with Gasteiger partial charge >= 0.3 is 0 Å². The summed E-state index contributed by atoms with van der Waals surface area (Å²) in [7, 11) is 0. The number of fused-ring (bicyclic) bond motifs is 1. The van der Waals surface area contributed by atoms with Crippen molar-refractivity contribution in [1.82, 2.24) is 5.32 Å². The van der Waals surface area contributed by atoms with Crippen LogP contribution in [0.25, 0.3) is 0 Å². The van der Waals surface area contributed by atoms with E-state index in [9.17, 15) is 4.79 Å². The van der Waals surface area contributed by atoms with Crippen LogP contribution in [0.15, 0.2) is 36.4 Å². The molecule has 0 spiro atoms. The van der Waals surface area contributed by atoms with Crippen LogP contribution in [-0.4, -0.2) is 12.5 Å². The Balaban J connectivity index is 1.90. The zero-order valence-corrected chi connectivity index (χ0v) is 12.5. The molecule has 0 bridgehead atoms. The van der Waals surface area contributed by atoms with Crippen molar-refractivity contribution in [2.24, 2.45) is 0 Å². The monoisotopic (exact) mass is 280 g/mol. The van der Waals surface area contributed by atoms with Gasteiger partial charge in [0.25, 0.3) is 5.91 Å². The normalized spacial score (nSPS) is 13.6. The molecule has 3 nitrogen and oxygen atoms in total. The zero-order valence-electron chi connectivity index (χ0n) is 12.5. The minimum absolute atomic E-state index is 0.0322. The molecule has 3 heteroatoms. The minimum Gasteiger partial charge on any atom is -0.322 e. The van der Waals surface area contributed by atoms with Crippen molar-refractivity contribution in [2.75, 3.05) is 11.9 Å². The van der Waals surface area contributed by atoms with E-state index in [1.807, 2.05) is 44.2 Å². The molecule has 0 atom stereocenters. The van der Waals surface area contributed by atoms with Gasteiger partial charge in [0, 0.05) is 17.8 Å². The van der Waals surface area contributed by atoms with Gasteiger partial charge in [0.05, 0.1) is 0 Å². The first-order valence-corrected chi connectivity index (χ1v) is 7.35. The number of benzene rings is 2. The van der Waals surface area contributed by atoms with Gasteiger partial charge in [0.1, 0.15) is 0 Å². The van der Waals surface area contributed by atoms with Gasteiger partial charge in [0.2, 0.25) is 0 Å². The molecule has 0 saturated heterocycles. The Kier molecular flexibility index (Phi) is 3.76. The highest BCUT2D eigenvalue weighted by Crippen LogP contribution is 2.24. The number of nitrogens with one attached hydrogen (secondary N) is 2.